The van der Waals surface area contributed by atoms with Gasteiger partial charge in [0.1, 0.15) is 12.4 Å². The first-order valence-electron chi connectivity index (χ1n) is 4.02. The van der Waals surface area contributed by atoms with E-state index in [1.807, 2.05) is 36.9 Å². The number of aromatic nitrogens is 2. The van der Waals surface area contributed by atoms with Crippen LogP contribution in [0.5, 0.6) is 0 Å². The Morgan fingerprint density at radius 1 is 1.62 bits per heavy atom. The average Bonchev–Trinajstić information content (AvgIpc) is 2.52. The smallest absolute Gasteiger partial charge is 0.313 e. The van der Waals surface area contributed by atoms with Crippen molar-refractivity contribution in [1.29, 1.82) is 0 Å². The molecule has 1 heterocycles. The van der Waals surface area contributed by atoms with Crippen LogP contribution in [0.3, 0.4) is 0 Å². The maximum absolute atomic E-state index is 11.2. The van der Waals surface area contributed by atoms with Crippen LogP contribution in [0.1, 0.15) is 25.1 Å². The molecule has 0 aliphatic heterocycles. The van der Waals surface area contributed by atoms with Gasteiger partial charge < -0.3 is 17.0 Å². The third-order valence-electron chi connectivity index (χ3n) is 1.57. The van der Waals surface area contributed by atoms with Crippen LogP contribution in [0.4, 0.5) is 0 Å². The van der Waals surface area contributed by atoms with Gasteiger partial charge in [-0.25, -0.2) is 9.36 Å². The zero-order chi connectivity index (χ0) is 8.97. The molecule has 0 unspecified atom stereocenters. The topological polar surface area (TPSA) is 25.9 Å². The molecule has 0 N–H and O–H groups in total. The Balaban J connectivity index is 0.00000144. The molecule has 0 bridgehead atoms. The lowest BCUT2D eigenvalue weighted by Gasteiger charge is -1.86. The van der Waals surface area contributed by atoms with Gasteiger partial charge in [-0.05, 0) is 13.0 Å². The minimum Gasteiger partial charge on any atom is -1.00 e. The zero-order valence-corrected chi connectivity index (χ0v) is 9.36. The minimum absolute atomic E-state index is 0. The second kappa shape index (κ2) is 5.70. The summed E-state index contributed by atoms with van der Waals surface area (Å²) in [6, 6.07) is 0. The highest BCUT2D eigenvalue weighted by atomic mass is 79.9. The van der Waals surface area contributed by atoms with Gasteiger partial charge in [0.15, 0.2) is 0 Å². The Morgan fingerprint density at radius 2 is 2.31 bits per heavy atom. The van der Waals surface area contributed by atoms with Crippen molar-refractivity contribution in [3.05, 3.63) is 24.8 Å². The lowest BCUT2D eigenvalue weighted by atomic mass is 10.4. The molecule has 0 aliphatic carbocycles. The Hall–Kier alpha value is -0.900. The van der Waals surface area contributed by atoms with Crippen molar-refractivity contribution >= 4 is 12.1 Å². The number of hydrogen-bond donors (Lipinski definition) is 0. The molecule has 4 heteroatoms. The molecule has 1 rings (SSSR count). The molecule has 72 valence electrons. The van der Waals surface area contributed by atoms with E-state index in [-0.39, 0.29) is 22.9 Å². The monoisotopic (exact) mass is 244 g/mol. The lowest BCUT2D eigenvalue weighted by molar-refractivity contribution is -0.567. The summed E-state index contributed by atoms with van der Waals surface area (Å²) in [5, 5.41) is 0. The van der Waals surface area contributed by atoms with E-state index in [4.69, 9.17) is 0 Å². The molecule has 0 atom stereocenters. The number of nitrogens with zero attached hydrogens (tertiary/aromatic N) is 2. The highest BCUT2D eigenvalue weighted by Crippen LogP contribution is 1.88. The number of rotatable bonds is 2. The summed E-state index contributed by atoms with van der Waals surface area (Å²) in [7, 11) is 0. The number of carbonyl (C=O) groups is 1. The van der Waals surface area contributed by atoms with Crippen LogP contribution in [0.2, 0.25) is 0 Å². The van der Waals surface area contributed by atoms with E-state index < -0.39 is 0 Å². The summed E-state index contributed by atoms with van der Waals surface area (Å²) in [6.07, 6.45) is 9.69. The number of carbonyl (C=O) groups excluding carboxylic acids is 1. The molecule has 1 aromatic heterocycles. The Bertz CT molecular complexity index is 304. The van der Waals surface area contributed by atoms with Crippen LogP contribution in [0.25, 0.3) is 6.20 Å². The van der Waals surface area contributed by atoms with Crippen LogP contribution in [-0.2, 0) is 0 Å². The molecular weight excluding hydrogens is 232 g/mol. The SMILES string of the molecule is CC=C[n+]1ccn(C(=O)CC)c1.[Br-]. The molecule has 13 heavy (non-hydrogen) atoms. The predicted molar refractivity (Wildman–Crippen MR) is 46.5 cm³/mol. The van der Waals surface area contributed by atoms with Gasteiger partial charge in [0, 0.05) is 6.42 Å². The van der Waals surface area contributed by atoms with E-state index >= 15 is 0 Å². The molecular formula is C9H13BrN2O. The largest absolute Gasteiger partial charge is 1.00 e. The van der Waals surface area contributed by atoms with E-state index in [0.717, 1.165) is 0 Å². The molecule has 1 aromatic rings. The van der Waals surface area contributed by atoms with E-state index in [1.54, 1.807) is 17.1 Å². The number of allylic oxidation sites excluding steroid dienone is 1. The highest BCUT2D eigenvalue weighted by Gasteiger charge is 2.07. The Morgan fingerprint density at radius 3 is 2.85 bits per heavy atom. The minimum atomic E-state index is 0. The van der Waals surface area contributed by atoms with E-state index in [0.29, 0.717) is 6.42 Å². The number of hydrogen-bond acceptors (Lipinski definition) is 1. The molecule has 0 aliphatic rings. The normalized spacial score (nSPS) is 10.0. The van der Waals surface area contributed by atoms with Crippen LogP contribution >= 0.6 is 0 Å². The zero-order valence-electron chi connectivity index (χ0n) is 7.77. The summed E-state index contributed by atoms with van der Waals surface area (Å²) in [6.45, 7) is 3.79. The van der Waals surface area contributed by atoms with Gasteiger partial charge in [0.05, 0.1) is 6.20 Å². The van der Waals surface area contributed by atoms with Crippen molar-refractivity contribution in [2.45, 2.75) is 20.3 Å². The first kappa shape index (κ1) is 12.1. The third-order valence-corrected chi connectivity index (χ3v) is 1.57. The van der Waals surface area contributed by atoms with Gasteiger partial charge in [0.25, 0.3) is 6.33 Å². The summed E-state index contributed by atoms with van der Waals surface area (Å²) in [5.41, 5.74) is 0. The molecule has 0 saturated carbocycles. The fraction of sp³-hybridized carbons (Fsp3) is 0.333. The van der Waals surface area contributed by atoms with E-state index in [9.17, 15) is 4.79 Å². The molecule has 0 radical (unpaired) electrons. The van der Waals surface area contributed by atoms with Crippen LogP contribution < -0.4 is 21.5 Å². The fourth-order valence-electron chi connectivity index (χ4n) is 0.960. The van der Waals surface area contributed by atoms with Gasteiger partial charge in [-0.3, -0.25) is 0 Å². The molecule has 0 saturated heterocycles. The summed E-state index contributed by atoms with van der Waals surface area (Å²) in [5.74, 6) is 0.109. The van der Waals surface area contributed by atoms with Gasteiger partial charge in [-0.2, -0.15) is 4.57 Å². The van der Waals surface area contributed by atoms with Crippen molar-refractivity contribution in [1.82, 2.24) is 4.57 Å². The van der Waals surface area contributed by atoms with Crippen molar-refractivity contribution < 1.29 is 26.3 Å². The predicted octanol–water partition coefficient (Wildman–Crippen LogP) is -1.68. The van der Waals surface area contributed by atoms with Gasteiger partial charge in [-0.1, -0.05) is 6.92 Å². The van der Waals surface area contributed by atoms with Gasteiger partial charge in [-0.15, -0.1) is 0 Å². The average molecular weight is 245 g/mol. The molecule has 0 amide bonds. The van der Waals surface area contributed by atoms with Crippen molar-refractivity contribution in [3.8, 4) is 0 Å². The maximum atomic E-state index is 11.2. The Kier molecular flexibility index (Phi) is 5.30. The van der Waals surface area contributed by atoms with Crippen molar-refractivity contribution in [2.75, 3.05) is 0 Å². The van der Waals surface area contributed by atoms with Crippen molar-refractivity contribution in [2.24, 2.45) is 0 Å². The van der Waals surface area contributed by atoms with Gasteiger partial charge in [0.2, 0.25) is 0 Å². The fourth-order valence-corrected chi connectivity index (χ4v) is 0.960. The molecule has 0 fully saturated rings. The quantitative estimate of drug-likeness (QED) is 0.571. The van der Waals surface area contributed by atoms with Crippen LogP contribution in [-0.4, -0.2) is 10.5 Å². The first-order valence-corrected chi connectivity index (χ1v) is 4.02. The van der Waals surface area contributed by atoms with Crippen LogP contribution in [0.15, 0.2) is 24.8 Å². The number of halogens is 1. The summed E-state index contributed by atoms with van der Waals surface area (Å²) < 4.78 is 3.42. The summed E-state index contributed by atoms with van der Waals surface area (Å²) >= 11 is 0. The Labute approximate surface area is 88.5 Å². The second-order valence-electron chi connectivity index (χ2n) is 2.50. The van der Waals surface area contributed by atoms with Gasteiger partial charge >= 0.3 is 5.91 Å². The standard InChI is InChI=1S/C9H13N2O.BrH/c1-3-5-10-6-7-11(8-10)9(12)4-2;/h3,5-8H,4H2,1-2H3;1H/q+1;/p-1. The molecule has 0 aromatic carbocycles. The van der Waals surface area contributed by atoms with Crippen molar-refractivity contribution in [3.63, 3.8) is 0 Å². The molecule has 0 spiro atoms. The second-order valence-corrected chi connectivity index (χ2v) is 2.50. The lowest BCUT2D eigenvalue weighted by Crippen LogP contribution is -3.00. The molecule has 3 nitrogen and oxygen atoms in total. The number of imidazole rings is 1. The highest BCUT2D eigenvalue weighted by molar-refractivity contribution is 5.77. The first-order chi connectivity index (χ1) is 5.77. The maximum Gasteiger partial charge on any atom is 0.313 e. The van der Waals surface area contributed by atoms with E-state index in [2.05, 4.69) is 0 Å². The van der Waals surface area contributed by atoms with Crippen LogP contribution in [0, 0.1) is 0 Å². The summed E-state index contributed by atoms with van der Waals surface area (Å²) in [4.78, 5) is 11.2. The third kappa shape index (κ3) is 3.14. The van der Waals surface area contributed by atoms with E-state index in [1.165, 1.54) is 0 Å².